The predicted molar refractivity (Wildman–Crippen MR) is 90.3 cm³/mol. The van der Waals surface area contributed by atoms with E-state index in [4.69, 9.17) is 5.73 Å². The normalized spacial score (nSPS) is 19.9. The Bertz CT molecular complexity index is 419. The number of nitrogens with zero attached hydrogens (tertiary/aromatic N) is 2. The standard InChI is InChI=1S/C18H31N3/c1-15(2)21-12-10-20(11-13-21)14-18(3,4)17(19)16-8-6-5-7-9-16/h5-9,15,17H,10-14,19H2,1-4H3. The summed E-state index contributed by atoms with van der Waals surface area (Å²) < 4.78 is 0. The Morgan fingerprint density at radius 1 is 1.05 bits per heavy atom. The Hall–Kier alpha value is -0.900. The first-order chi connectivity index (χ1) is 9.90. The van der Waals surface area contributed by atoms with Gasteiger partial charge in [0.05, 0.1) is 0 Å². The first-order valence-electron chi connectivity index (χ1n) is 8.17. The third-order valence-corrected chi connectivity index (χ3v) is 4.77. The molecule has 118 valence electrons. The fraction of sp³-hybridized carbons (Fsp3) is 0.667. The molecule has 1 unspecified atom stereocenters. The van der Waals surface area contributed by atoms with Crippen molar-refractivity contribution in [3.05, 3.63) is 35.9 Å². The van der Waals surface area contributed by atoms with Crippen molar-refractivity contribution in [1.82, 2.24) is 9.80 Å². The molecule has 0 aliphatic carbocycles. The van der Waals surface area contributed by atoms with Gasteiger partial charge in [-0.2, -0.15) is 0 Å². The average Bonchev–Trinajstić information content (AvgIpc) is 2.47. The van der Waals surface area contributed by atoms with E-state index in [1.54, 1.807) is 0 Å². The molecular weight excluding hydrogens is 258 g/mol. The van der Waals surface area contributed by atoms with Crippen molar-refractivity contribution in [3.63, 3.8) is 0 Å². The Morgan fingerprint density at radius 2 is 1.62 bits per heavy atom. The molecule has 1 aliphatic rings. The molecule has 1 aromatic carbocycles. The van der Waals surface area contributed by atoms with Gasteiger partial charge in [-0.1, -0.05) is 44.2 Å². The molecule has 0 amide bonds. The van der Waals surface area contributed by atoms with Crippen LogP contribution in [0, 0.1) is 5.41 Å². The summed E-state index contributed by atoms with van der Waals surface area (Å²) in [5, 5.41) is 0. The molecular formula is C18H31N3. The van der Waals surface area contributed by atoms with Crippen molar-refractivity contribution < 1.29 is 0 Å². The number of benzene rings is 1. The summed E-state index contributed by atoms with van der Waals surface area (Å²) >= 11 is 0. The van der Waals surface area contributed by atoms with E-state index < -0.39 is 0 Å². The van der Waals surface area contributed by atoms with Crippen LogP contribution in [0.1, 0.15) is 39.3 Å². The van der Waals surface area contributed by atoms with Gasteiger partial charge in [-0.25, -0.2) is 0 Å². The number of nitrogens with two attached hydrogens (primary N) is 1. The van der Waals surface area contributed by atoms with Gasteiger partial charge in [-0.15, -0.1) is 0 Å². The lowest BCUT2D eigenvalue weighted by Crippen LogP contribution is -2.52. The van der Waals surface area contributed by atoms with Crippen molar-refractivity contribution in [2.45, 2.75) is 39.8 Å². The van der Waals surface area contributed by atoms with Gasteiger partial charge in [0.1, 0.15) is 0 Å². The molecule has 0 bridgehead atoms. The first-order valence-corrected chi connectivity index (χ1v) is 8.17. The molecule has 1 aliphatic heterocycles. The minimum atomic E-state index is 0.0847. The highest BCUT2D eigenvalue weighted by atomic mass is 15.3. The second-order valence-electron chi connectivity index (χ2n) is 7.28. The Balaban J connectivity index is 1.92. The summed E-state index contributed by atoms with van der Waals surface area (Å²) in [5.74, 6) is 0. The van der Waals surface area contributed by atoms with Gasteiger partial charge in [0, 0.05) is 44.8 Å². The summed E-state index contributed by atoms with van der Waals surface area (Å²) in [6, 6.07) is 11.2. The van der Waals surface area contributed by atoms with Crippen LogP contribution in [0.5, 0.6) is 0 Å². The van der Waals surface area contributed by atoms with E-state index in [2.05, 4.69) is 61.8 Å². The minimum Gasteiger partial charge on any atom is -0.323 e. The quantitative estimate of drug-likeness (QED) is 0.904. The summed E-state index contributed by atoms with van der Waals surface area (Å²) in [6.07, 6.45) is 0. The predicted octanol–water partition coefficient (Wildman–Crippen LogP) is 2.74. The van der Waals surface area contributed by atoms with Crippen molar-refractivity contribution in [2.24, 2.45) is 11.1 Å². The lowest BCUT2D eigenvalue weighted by Gasteiger charge is -2.42. The smallest absolute Gasteiger partial charge is 0.0359 e. The summed E-state index contributed by atoms with van der Waals surface area (Å²) in [5.41, 5.74) is 7.85. The highest BCUT2D eigenvalue weighted by molar-refractivity contribution is 5.20. The topological polar surface area (TPSA) is 32.5 Å². The van der Waals surface area contributed by atoms with E-state index >= 15 is 0 Å². The highest BCUT2D eigenvalue weighted by Gasteiger charge is 2.31. The van der Waals surface area contributed by atoms with Crippen LogP contribution < -0.4 is 5.73 Å². The zero-order valence-electron chi connectivity index (χ0n) is 14.0. The van der Waals surface area contributed by atoms with Gasteiger partial charge in [-0.05, 0) is 24.8 Å². The maximum Gasteiger partial charge on any atom is 0.0359 e. The largest absolute Gasteiger partial charge is 0.323 e. The molecule has 2 N–H and O–H groups in total. The van der Waals surface area contributed by atoms with Gasteiger partial charge in [0.25, 0.3) is 0 Å². The maximum absolute atomic E-state index is 6.53. The van der Waals surface area contributed by atoms with Crippen LogP contribution in [-0.4, -0.2) is 48.6 Å². The van der Waals surface area contributed by atoms with Crippen LogP contribution in [-0.2, 0) is 0 Å². The number of piperazine rings is 1. The van der Waals surface area contributed by atoms with Gasteiger partial charge < -0.3 is 10.6 Å². The van der Waals surface area contributed by atoms with Crippen LogP contribution in [0.4, 0.5) is 0 Å². The van der Waals surface area contributed by atoms with Gasteiger partial charge in [0.15, 0.2) is 0 Å². The molecule has 1 atom stereocenters. The van der Waals surface area contributed by atoms with Crippen molar-refractivity contribution in [3.8, 4) is 0 Å². The van der Waals surface area contributed by atoms with Gasteiger partial charge >= 0.3 is 0 Å². The van der Waals surface area contributed by atoms with Crippen LogP contribution in [0.2, 0.25) is 0 Å². The molecule has 21 heavy (non-hydrogen) atoms. The zero-order chi connectivity index (χ0) is 15.5. The van der Waals surface area contributed by atoms with E-state index in [0.717, 1.165) is 19.6 Å². The van der Waals surface area contributed by atoms with Crippen LogP contribution in [0.3, 0.4) is 0 Å². The van der Waals surface area contributed by atoms with Crippen molar-refractivity contribution >= 4 is 0 Å². The second kappa shape index (κ2) is 6.91. The molecule has 0 radical (unpaired) electrons. The zero-order valence-corrected chi connectivity index (χ0v) is 14.0. The fourth-order valence-corrected chi connectivity index (χ4v) is 3.22. The molecule has 0 spiro atoms. The summed E-state index contributed by atoms with van der Waals surface area (Å²) in [7, 11) is 0. The lowest BCUT2D eigenvalue weighted by molar-refractivity contribution is 0.0724. The molecule has 1 heterocycles. The van der Waals surface area contributed by atoms with E-state index in [9.17, 15) is 0 Å². The Labute approximate surface area is 130 Å². The summed E-state index contributed by atoms with van der Waals surface area (Å²) in [6.45, 7) is 14.9. The summed E-state index contributed by atoms with van der Waals surface area (Å²) in [4.78, 5) is 5.13. The fourth-order valence-electron chi connectivity index (χ4n) is 3.22. The van der Waals surface area contributed by atoms with E-state index in [-0.39, 0.29) is 11.5 Å². The van der Waals surface area contributed by atoms with Gasteiger partial charge in [0.2, 0.25) is 0 Å². The molecule has 3 nitrogen and oxygen atoms in total. The van der Waals surface area contributed by atoms with Crippen LogP contribution in [0.15, 0.2) is 30.3 Å². The third-order valence-electron chi connectivity index (χ3n) is 4.77. The monoisotopic (exact) mass is 289 g/mol. The third kappa shape index (κ3) is 4.29. The number of hydrogen-bond donors (Lipinski definition) is 1. The number of rotatable bonds is 5. The maximum atomic E-state index is 6.53. The molecule has 0 aromatic heterocycles. The second-order valence-corrected chi connectivity index (χ2v) is 7.28. The first kappa shape index (κ1) is 16.5. The van der Waals surface area contributed by atoms with Gasteiger partial charge in [-0.3, -0.25) is 4.90 Å². The van der Waals surface area contributed by atoms with E-state index in [1.807, 2.05) is 6.07 Å². The van der Waals surface area contributed by atoms with Crippen molar-refractivity contribution in [1.29, 1.82) is 0 Å². The molecule has 1 aromatic rings. The Morgan fingerprint density at radius 3 is 2.14 bits per heavy atom. The SMILES string of the molecule is CC(C)N1CCN(CC(C)(C)C(N)c2ccccc2)CC1. The molecule has 0 saturated carbocycles. The van der Waals surface area contributed by atoms with Crippen LogP contribution in [0.25, 0.3) is 0 Å². The molecule has 2 rings (SSSR count). The lowest BCUT2D eigenvalue weighted by atomic mass is 9.80. The van der Waals surface area contributed by atoms with Crippen molar-refractivity contribution in [2.75, 3.05) is 32.7 Å². The Kier molecular flexibility index (Phi) is 5.42. The van der Waals surface area contributed by atoms with E-state index in [0.29, 0.717) is 6.04 Å². The molecule has 3 heteroatoms. The molecule has 1 saturated heterocycles. The number of hydrogen-bond acceptors (Lipinski definition) is 3. The minimum absolute atomic E-state index is 0.0847. The average molecular weight is 289 g/mol. The highest BCUT2D eigenvalue weighted by Crippen LogP contribution is 2.32. The van der Waals surface area contributed by atoms with Crippen LogP contribution >= 0.6 is 0 Å². The molecule has 1 fully saturated rings. The van der Waals surface area contributed by atoms with E-state index in [1.165, 1.54) is 18.7 Å².